The summed E-state index contributed by atoms with van der Waals surface area (Å²) in [5, 5.41) is 3.41. The Morgan fingerprint density at radius 2 is 2.29 bits per heavy atom. The molecule has 17 heavy (non-hydrogen) atoms. The van der Waals surface area contributed by atoms with Crippen LogP contribution in [-0.4, -0.2) is 28.5 Å². The highest BCUT2D eigenvalue weighted by molar-refractivity contribution is 9.10. The Hall–Kier alpha value is -0.810. The predicted molar refractivity (Wildman–Crippen MR) is 78.7 cm³/mol. The quantitative estimate of drug-likeness (QED) is 0.857. The minimum atomic E-state index is 0.911. The van der Waals surface area contributed by atoms with Crippen molar-refractivity contribution >= 4 is 44.4 Å². The Bertz CT molecular complexity index is 504. The van der Waals surface area contributed by atoms with E-state index in [9.17, 15) is 0 Å². The van der Waals surface area contributed by atoms with Gasteiger partial charge in [-0.25, -0.2) is 0 Å². The maximum absolute atomic E-state index is 4.40. The third kappa shape index (κ3) is 3.33. The first kappa shape index (κ1) is 12.6. The lowest BCUT2D eigenvalue weighted by Gasteiger charge is -2.08. The summed E-state index contributed by atoms with van der Waals surface area (Å²) in [5.74, 6) is 1.18. The minimum absolute atomic E-state index is 0.911. The van der Waals surface area contributed by atoms with Crippen LogP contribution < -0.4 is 5.32 Å². The SMILES string of the molecule is CSCCCNc1ccnc2cc(Br)cnc12. The summed E-state index contributed by atoms with van der Waals surface area (Å²) in [6.45, 7) is 0.970. The summed E-state index contributed by atoms with van der Waals surface area (Å²) in [4.78, 5) is 8.71. The van der Waals surface area contributed by atoms with E-state index in [2.05, 4.69) is 37.5 Å². The summed E-state index contributed by atoms with van der Waals surface area (Å²) in [6, 6.07) is 3.96. The molecule has 0 saturated heterocycles. The van der Waals surface area contributed by atoms with E-state index in [4.69, 9.17) is 0 Å². The van der Waals surface area contributed by atoms with Crippen molar-refractivity contribution in [2.24, 2.45) is 0 Å². The predicted octanol–water partition coefficient (Wildman–Crippen LogP) is 3.56. The molecule has 0 atom stereocenters. The minimum Gasteiger partial charge on any atom is -0.383 e. The van der Waals surface area contributed by atoms with Gasteiger partial charge >= 0.3 is 0 Å². The highest BCUT2D eigenvalue weighted by Gasteiger charge is 2.03. The van der Waals surface area contributed by atoms with Gasteiger partial charge in [-0.05, 0) is 46.5 Å². The number of nitrogens with one attached hydrogen (secondary N) is 1. The summed E-state index contributed by atoms with van der Waals surface area (Å²) in [6.07, 6.45) is 6.90. The number of nitrogens with zero attached hydrogens (tertiary/aromatic N) is 2. The zero-order valence-electron chi connectivity index (χ0n) is 9.61. The molecule has 0 bridgehead atoms. The third-order valence-electron chi connectivity index (χ3n) is 2.38. The second-order valence-corrected chi connectivity index (χ2v) is 5.55. The van der Waals surface area contributed by atoms with Gasteiger partial charge in [0.05, 0.1) is 11.2 Å². The molecule has 0 aliphatic heterocycles. The fraction of sp³-hybridized carbons (Fsp3) is 0.333. The second-order valence-electron chi connectivity index (χ2n) is 3.65. The molecule has 90 valence electrons. The van der Waals surface area contributed by atoms with Crippen molar-refractivity contribution in [2.45, 2.75) is 6.42 Å². The highest BCUT2D eigenvalue weighted by Crippen LogP contribution is 2.21. The number of rotatable bonds is 5. The number of halogens is 1. The molecule has 1 N–H and O–H groups in total. The average molecular weight is 312 g/mol. The molecule has 0 unspecified atom stereocenters. The maximum atomic E-state index is 4.40. The summed E-state index contributed by atoms with van der Waals surface area (Å²) >= 11 is 5.27. The van der Waals surface area contributed by atoms with Gasteiger partial charge in [-0.3, -0.25) is 9.97 Å². The molecular weight excluding hydrogens is 298 g/mol. The lowest BCUT2D eigenvalue weighted by atomic mass is 10.3. The number of hydrogen-bond donors (Lipinski definition) is 1. The lowest BCUT2D eigenvalue weighted by Crippen LogP contribution is -2.03. The number of fused-ring (bicyclic) bond motifs is 1. The van der Waals surface area contributed by atoms with E-state index >= 15 is 0 Å². The van der Waals surface area contributed by atoms with Gasteiger partial charge in [0.1, 0.15) is 5.52 Å². The molecule has 2 aromatic heterocycles. The molecule has 5 heteroatoms. The maximum Gasteiger partial charge on any atom is 0.112 e. The lowest BCUT2D eigenvalue weighted by molar-refractivity contribution is 0.993. The van der Waals surface area contributed by atoms with Crippen LogP contribution in [0.2, 0.25) is 0 Å². The van der Waals surface area contributed by atoms with Crippen LogP contribution in [-0.2, 0) is 0 Å². The van der Waals surface area contributed by atoms with Crippen molar-refractivity contribution in [3.8, 4) is 0 Å². The van der Waals surface area contributed by atoms with E-state index in [0.717, 1.165) is 34.2 Å². The fourth-order valence-corrected chi connectivity index (χ4v) is 2.34. The smallest absolute Gasteiger partial charge is 0.112 e. The molecule has 0 radical (unpaired) electrons. The largest absolute Gasteiger partial charge is 0.383 e. The topological polar surface area (TPSA) is 37.8 Å². The van der Waals surface area contributed by atoms with Gasteiger partial charge in [-0.15, -0.1) is 0 Å². The Morgan fingerprint density at radius 1 is 1.41 bits per heavy atom. The van der Waals surface area contributed by atoms with E-state index in [-0.39, 0.29) is 0 Å². The van der Waals surface area contributed by atoms with Crippen LogP contribution in [0.15, 0.2) is 29.0 Å². The van der Waals surface area contributed by atoms with Crippen LogP contribution in [0.25, 0.3) is 11.0 Å². The fourth-order valence-electron chi connectivity index (χ4n) is 1.59. The molecule has 2 heterocycles. The standard InChI is InChI=1S/C12H14BrN3S/c1-17-6-2-4-14-10-3-5-15-11-7-9(13)8-16-12(10)11/h3,5,7-8H,2,4,6H2,1H3,(H,14,15). The first-order valence-electron chi connectivity index (χ1n) is 5.44. The van der Waals surface area contributed by atoms with Crippen LogP contribution in [0.3, 0.4) is 0 Å². The average Bonchev–Trinajstić information content (AvgIpc) is 2.34. The Kier molecular flexibility index (Phi) is 4.62. The van der Waals surface area contributed by atoms with E-state index in [1.807, 2.05) is 30.1 Å². The third-order valence-corrected chi connectivity index (χ3v) is 3.52. The monoisotopic (exact) mass is 311 g/mol. The zero-order chi connectivity index (χ0) is 12.1. The van der Waals surface area contributed by atoms with Gasteiger partial charge in [0, 0.05) is 23.4 Å². The molecule has 2 aromatic rings. The molecule has 0 spiro atoms. The second kappa shape index (κ2) is 6.21. The molecule has 0 aliphatic rings. The highest BCUT2D eigenvalue weighted by atomic mass is 79.9. The van der Waals surface area contributed by atoms with Crippen molar-refractivity contribution < 1.29 is 0 Å². The Balaban J connectivity index is 2.16. The van der Waals surface area contributed by atoms with E-state index < -0.39 is 0 Å². The molecule has 0 fully saturated rings. The van der Waals surface area contributed by atoms with Gasteiger partial charge in [0.15, 0.2) is 0 Å². The molecule has 2 rings (SSSR count). The summed E-state index contributed by atoms with van der Waals surface area (Å²) in [5.41, 5.74) is 2.90. The van der Waals surface area contributed by atoms with Gasteiger partial charge in [-0.1, -0.05) is 0 Å². The van der Waals surface area contributed by atoms with E-state index in [1.54, 1.807) is 6.20 Å². The Morgan fingerprint density at radius 3 is 3.12 bits per heavy atom. The summed E-state index contributed by atoms with van der Waals surface area (Å²) in [7, 11) is 0. The van der Waals surface area contributed by atoms with Gasteiger partial charge in [0.25, 0.3) is 0 Å². The molecular formula is C12H14BrN3S. The molecule has 0 aliphatic carbocycles. The van der Waals surface area contributed by atoms with E-state index in [0.29, 0.717) is 0 Å². The number of thioether (sulfide) groups is 1. The van der Waals surface area contributed by atoms with Crippen LogP contribution in [0.1, 0.15) is 6.42 Å². The molecule has 0 amide bonds. The van der Waals surface area contributed by atoms with Crippen molar-refractivity contribution in [3.63, 3.8) is 0 Å². The van der Waals surface area contributed by atoms with Crippen molar-refractivity contribution in [3.05, 3.63) is 29.0 Å². The number of hydrogen-bond acceptors (Lipinski definition) is 4. The van der Waals surface area contributed by atoms with Gasteiger partial charge < -0.3 is 5.32 Å². The molecule has 0 aromatic carbocycles. The summed E-state index contributed by atoms with van der Waals surface area (Å²) < 4.78 is 0.956. The van der Waals surface area contributed by atoms with Crippen LogP contribution in [0.5, 0.6) is 0 Å². The van der Waals surface area contributed by atoms with Crippen molar-refractivity contribution in [1.82, 2.24) is 9.97 Å². The number of anilines is 1. The molecule has 3 nitrogen and oxygen atoms in total. The zero-order valence-corrected chi connectivity index (χ0v) is 12.0. The van der Waals surface area contributed by atoms with E-state index in [1.165, 1.54) is 5.75 Å². The van der Waals surface area contributed by atoms with Crippen LogP contribution in [0.4, 0.5) is 5.69 Å². The first-order valence-corrected chi connectivity index (χ1v) is 7.63. The number of pyridine rings is 2. The normalized spacial score (nSPS) is 10.7. The van der Waals surface area contributed by atoms with Gasteiger partial charge in [0.2, 0.25) is 0 Å². The van der Waals surface area contributed by atoms with Crippen molar-refractivity contribution in [2.75, 3.05) is 23.9 Å². The molecule has 0 saturated carbocycles. The van der Waals surface area contributed by atoms with Gasteiger partial charge in [-0.2, -0.15) is 11.8 Å². The van der Waals surface area contributed by atoms with Crippen LogP contribution >= 0.6 is 27.7 Å². The first-order chi connectivity index (χ1) is 8.31. The van der Waals surface area contributed by atoms with Crippen molar-refractivity contribution in [1.29, 1.82) is 0 Å². The number of aromatic nitrogens is 2. The Labute approximate surface area is 114 Å². The van der Waals surface area contributed by atoms with Crippen LogP contribution in [0, 0.1) is 0 Å².